The Morgan fingerprint density at radius 3 is 2.74 bits per heavy atom. The van der Waals surface area contributed by atoms with E-state index in [9.17, 15) is 18.0 Å². The highest BCUT2D eigenvalue weighted by Gasteiger charge is 2.39. The number of halogens is 4. The van der Waals surface area contributed by atoms with E-state index < -0.39 is 23.9 Å². The standard InChI is InChI=1S/C23H23ClF3N5O3/c1-11-9-31(17-8-29-7-16-20(17)35-22(28)30-16)10-18(34-11)21(33)32-4-3-13-5-14(23(25,26)27)6-15(24)19(13)12(32)2/h5-8,11-12,18H,3-4,9-10H2,1-2H3,(H2,28,30)/t11-,12-,18-/m1/s1. The van der Waals surface area contributed by atoms with Gasteiger partial charge in [0.2, 0.25) is 0 Å². The second-order valence-corrected chi connectivity index (χ2v) is 9.29. The van der Waals surface area contributed by atoms with Crippen LogP contribution >= 0.6 is 11.6 Å². The number of ether oxygens (including phenoxy) is 1. The summed E-state index contributed by atoms with van der Waals surface area (Å²) in [6.07, 6.45) is -2.13. The molecule has 2 aliphatic rings. The monoisotopic (exact) mass is 509 g/mol. The molecule has 1 fully saturated rings. The minimum Gasteiger partial charge on any atom is -0.421 e. The smallest absolute Gasteiger partial charge is 0.416 e. The number of nitrogens with two attached hydrogens (primary N) is 1. The van der Waals surface area contributed by atoms with Crippen molar-refractivity contribution >= 4 is 40.3 Å². The zero-order valence-electron chi connectivity index (χ0n) is 19.0. The first kappa shape index (κ1) is 23.7. The zero-order valence-corrected chi connectivity index (χ0v) is 19.7. The lowest BCUT2D eigenvalue weighted by atomic mass is 9.91. The number of rotatable bonds is 2. The average molecular weight is 510 g/mol. The van der Waals surface area contributed by atoms with E-state index in [1.165, 1.54) is 0 Å². The molecule has 4 heterocycles. The number of alkyl halides is 3. The number of amides is 1. The molecule has 35 heavy (non-hydrogen) atoms. The summed E-state index contributed by atoms with van der Waals surface area (Å²) < 4.78 is 51.2. The average Bonchev–Trinajstić information content (AvgIpc) is 3.17. The third-order valence-electron chi connectivity index (χ3n) is 6.51. The Labute approximate surface area is 203 Å². The number of aromatic nitrogens is 2. The molecular formula is C23H23ClF3N5O3. The first-order chi connectivity index (χ1) is 16.5. The molecule has 1 amide bonds. The van der Waals surface area contributed by atoms with Crippen LogP contribution in [0, 0.1) is 0 Å². The SMILES string of the molecule is C[C@@H]1CN(c2cncc3nc(N)oc23)C[C@H](C(=O)N2CCc3cc(C(F)(F)F)cc(Cl)c3[C@H]2C)O1. The van der Waals surface area contributed by atoms with Gasteiger partial charge in [-0.3, -0.25) is 9.78 Å². The van der Waals surface area contributed by atoms with Crippen LogP contribution in [0.1, 0.15) is 36.6 Å². The van der Waals surface area contributed by atoms with E-state index in [1.54, 1.807) is 24.2 Å². The molecule has 3 atom stereocenters. The van der Waals surface area contributed by atoms with E-state index in [-0.39, 0.29) is 42.6 Å². The molecule has 186 valence electrons. The summed E-state index contributed by atoms with van der Waals surface area (Å²) in [5.41, 5.74) is 7.59. The fourth-order valence-electron chi connectivity index (χ4n) is 4.96. The van der Waals surface area contributed by atoms with Gasteiger partial charge in [0.1, 0.15) is 11.2 Å². The summed E-state index contributed by atoms with van der Waals surface area (Å²) >= 11 is 6.28. The molecule has 0 aliphatic carbocycles. The number of hydrogen-bond acceptors (Lipinski definition) is 7. The molecule has 1 saturated heterocycles. The van der Waals surface area contributed by atoms with Crippen LogP contribution in [-0.2, 0) is 22.1 Å². The van der Waals surface area contributed by atoms with E-state index in [1.807, 2.05) is 11.8 Å². The minimum absolute atomic E-state index is 0.0000392. The summed E-state index contributed by atoms with van der Waals surface area (Å²) in [5, 5.41) is 0.0000392. The third-order valence-corrected chi connectivity index (χ3v) is 6.82. The van der Waals surface area contributed by atoms with Crippen molar-refractivity contribution in [3.05, 3.63) is 46.2 Å². The Kier molecular flexibility index (Phi) is 5.79. The third kappa shape index (κ3) is 4.27. The highest BCUT2D eigenvalue weighted by molar-refractivity contribution is 6.31. The van der Waals surface area contributed by atoms with Crippen LogP contribution in [0.3, 0.4) is 0 Å². The lowest BCUT2D eigenvalue weighted by Crippen LogP contribution is -2.55. The van der Waals surface area contributed by atoms with Gasteiger partial charge in [-0.2, -0.15) is 18.2 Å². The highest BCUT2D eigenvalue weighted by atomic mass is 35.5. The number of anilines is 2. The van der Waals surface area contributed by atoms with E-state index in [0.29, 0.717) is 34.5 Å². The molecule has 5 rings (SSSR count). The van der Waals surface area contributed by atoms with E-state index in [2.05, 4.69) is 9.97 Å². The second kappa shape index (κ2) is 8.56. The lowest BCUT2D eigenvalue weighted by molar-refractivity contribution is -0.151. The molecule has 0 unspecified atom stereocenters. The number of carbonyl (C=O) groups is 1. The van der Waals surface area contributed by atoms with Gasteiger partial charge in [-0.1, -0.05) is 11.6 Å². The number of pyridine rings is 1. The molecule has 0 radical (unpaired) electrons. The van der Waals surface area contributed by atoms with Gasteiger partial charge < -0.3 is 24.7 Å². The molecule has 0 spiro atoms. The number of nitrogens with zero attached hydrogens (tertiary/aromatic N) is 4. The van der Waals surface area contributed by atoms with Gasteiger partial charge in [0, 0.05) is 18.1 Å². The molecule has 1 aromatic carbocycles. The minimum atomic E-state index is -4.49. The van der Waals surface area contributed by atoms with Crippen molar-refractivity contribution in [2.45, 2.75) is 44.7 Å². The van der Waals surface area contributed by atoms with Crippen LogP contribution in [0.4, 0.5) is 24.9 Å². The lowest BCUT2D eigenvalue weighted by Gasteiger charge is -2.42. The Hall–Kier alpha value is -3.05. The van der Waals surface area contributed by atoms with Crippen molar-refractivity contribution in [3.8, 4) is 0 Å². The van der Waals surface area contributed by atoms with E-state index in [4.69, 9.17) is 26.5 Å². The van der Waals surface area contributed by atoms with Crippen LogP contribution in [0.2, 0.25) is 5.02 Å². The molecule has 0 saturated carbocycles. The Morgan fingerprint density at radius 1 is 1.23 bits per heavy atom. The summed E-state index contributed by atoms with van der Waals surface area (Å²) in [6.45, 7) is 4.62. The van der Waals surface area contributed by atoms with Crippen molar-refractivity contribution in [3.63, 3.8) is 0 Å². The molecule has 2 aliphatic heterocycles. The maximum Gasteiger partial charge on any atom is 0.416 e. The van der Waals surface area contributed by atoms with Crippen molar-refractivity contribution in [1.29, 1.82) is 0 Å². The fourth-order valence-corrected chi connectivity index (χ4v) is 5.35. The van der Waals surface area contributed by atoms with Gasteiger partial charge in [-0.25, -0.2) is 0 Å². The Bertz CT molecular complexity index is 1300. The van der Waals surface area contributed by atoms with Gasteiger partial charge in [0.15, 0.2) is 11.7 Å². The number of morpholine rings is 1. The van der Waals surface area contributed by atoms with Crippen LogP contribution in [0.5, 0.6) is 0 Å². The van der Waals surface area contributed by atoms with Gasteiger partial charge >= 0.3 is 6.18 Å². The zero-order chi connectivity index (χ0) is 25.1. The molecule has 12 heteroatoms. The molecule has 8 nitrogen and oxygen atoms in total. The first-order valence-electron chi connectivity index (χ1n) is 11.1. The Balaban J connectivity index is 1.40. The maximum atomic E-state index is 13.6. The van der Waals surface area contributed by atoms with Gasteiger partial charge in [0.25, 0.3) is 11.9 Å². The van der Waals surface area contributed by atoms with Gasteiger partial charge in [-0.05, 0) is 43.5 Å². The number of fused-ring (bicyclic) bond motifs is 2. The summed E-state index contributed by atoms with van der Waals surface area (Å²) in [6, 6.07) is 1.56. The normalized spacial score (nSPS) is 23.0. The van der Waals surface area contributed by atoms with Crippen LogP contribution < -0.4 is 10.6 Å². The van der Waals surface area contributed by atoms with Crippen LogP contribution in [0.25, 0.3) is 11.1 Å². The topological polar surface area (TPSA) is 97.7 Å². The van der Waals surface area contributed by atoms with E-state index >= 15 is 0 Å². The highest BCUT2D eigenvalue weighted by Crippen LogP contribution is 2.40. The molecule has 2 N–H and O–H groups in total. The predicted octanol–water partition coefficient (Wildman–Crippen LogP) is 4.22. The van der Waals surface area contributed by atoms with Crippen LogP contribution in [0.15, 0.2) is 28.9 Å². The van der Waals surface area contributed by atoms with E-state index in [0.717, 1.165) is 12.1 Å². The Morgan fingerprint density at radius 2 is 2.00 bits per heavy atom. The molecule has 2 aromatic heterocycles. The summed E-state index contributed by atoms with van der Waals surface area (Å²) in [5.74, 6) is -0.257. The maximum absolute atomic E-state index is 13.6. The van der Waals surface area contributed by atoms with Gasteiger partial charge in [-0.15, -0.1) is 0 Å². The van der Waals surface area contributed by atoms with Crippen molar-refractivity contribution in [1.82, 2.24) is 14.9 Å². The number of hydrogen-bond donors (Lipinski definition) is 1. The van der Waals surface area contributed by atoms with Crippen molar-refractivity contribution < 1.29 is 27.1 Å². The van der Waals surface area contributed by atoms with Crippen LogP contribution in [-0.4, -0.2) is 52.6 Å². The molecule has 3 aromatic rings. The quantitative estimate of drug-likeness (QED) is 0.552. The number of nitrogen functional groups attached to an aromatic ring is 1. The second-order valence-electron chi connectivity index (χ2n) is 8.89. The molecule has 0 bridgehead atoms. The number of oxazole rings is 1. The van der Waals surface area contributed by atoms with Crippen molar-refractivity contribution in [2.75, 3.05) is 30.3 Å². The number of carbonyl (C=O) groups excluding carboxylic acids is 1. The summed E-state index contributed by atoms with van der Waals surface area (Å²) in [4.78, 5) is 25.5. The summed E-state index contributed by atoms with van der Waals surface area (Å²) in [7, 11) is 0. The van der Waals surface area contributed by atoms with Gasteiger partial charge in [0.05, 0.1) is 36.6 Å². The first-order valence-corrected chi connectivity index (χ1v) is 11.5. The molecular weight excluding hydrogens is 487 g/mol. The largest absolute Gasteiger partial charge is 0.421 e. The van der Waals surface area contributed by atoms with Crippen molar-refractivity contribution in [2.24, 2.45) is 0 Å². The number of benzene rings is 1. The predicted molar refractivity (Wildman–Crippen MR) is 123 cm³/mol. The fraction of sp³-hybridized carbons (Fsp3) is 0.435.